The first-order valence-electron chi connectivity index (χ1n) is 8.34. The largest absolute Gasteiger partial charge is 0.444 e. The fourth-order valence-electron chi connectivity index (χ4n) is 2.87. The van der Waals surface area contributed by atoms with E-state index in [1.807, 2.05) is 25.7 Å². The average Bonchev–Trinajstić information content (AvgIpc) is 3.11. The van der Waals surface area contributed by atoms with Gasteiger partial charge >= 0.3 is 6.09 Å². The molecule has 1 atom stereocenters. The van der Waals surface area contributed by atoms with Gasteiger partial charge in [-0.05, 0) is 46.6 Å². The number of hydrogen-bond donors (Lipinski definition) is 1. The van der Waals surface area contributed by atoms with Crippen LogP contribution >= 0.6 is 0 Å². The third kappa shape index (κ3) is 5.47. The van der Waals surface area contributed by atoms with Gasteiger partial charge in [0.2, 0.25) is 0 Å². The van der Waals surface area contributed by atoms with Crippen molar-refractivity contribution in [3.05, 3.63) is 0 Å². The summed E-state index contributed by atoms with van der Waals surface area (Å²) in [7, 11) is 0. The molecule has 5 nitrogen and oxygen atoms in total. The minimum atomic E-state index is -0.408. The summed E-state index contributed by atoms with van der Waals surface area (Å²) >= 11 is 0. The zero-order valence-electron chi connectivity index (χ0n) is 14.0. The summed E-state index contributed by atoms with van der Waals surface area (Å²) in [4.78, 5) is 16.4. The lowest BCUT2D eigenvalue weighted by atomic mass is 10.2. The molecule has 2 rings (SSSR count). The Bertz CT molecular complexity index is 350. The highest BCUT2D eigenvalue weighted by Crippen LogP contribution is 2.25. The molecule has 1 unspecified atom stereocenters. The molecule has 1 saturated carbocycles. The number of carbonyl (C=O) groups excluding carboxylic acids is 1. The smallest absolute Gasteiger partial charge is 0.410 e. The van der Waals surface area contributed by atoms with Gasteiger partial charge in [0.15, 0.2) is 0 Å². The molecule has 0 spiro atoms. The van der Waals surface area contributed by atoms with Crippen LogP contribution in [0.5, 0.6) is 0 Å². The van der Waals surface area contributed by atoms with Crippen LogP contribution in [-0.2, 0) is 4.74 Å². The molecule has 5 heteroatoms. The molecule has 2 aliphatic rings. The van der Waals surface area contributed by atoms with Gasteiger partial charge in [0.05, 0.1) is 0 Å². The molecule has 0 aromatic heterocycles. The van der Waals surface area contributed by atoms with E-state index in [-0.39, 0.29) is 6.09 Å². The van der Waals surface area contributed by atoms with Crippen molar-refractivity contribution >= 4 is 6.09 Å². The van der Waals surface area contributed by atoms with Crippen molar-refractivity contribution in [2.75, 3.05) is 32.7 Å². The fraction of sp³-hybridized carbons (Fsp3) is 0.938. The topological polar surface area (TPSA) is 44.8 Å². The second kappa shape index (κ2) is 6.97. The van der Waals surface area contributed by atoms with Crippen molar-refractivity contribution < 1.29 is 9.53 Å². The zero-order chi connectivity index (χ0) is 15.5. The maximum Gasteiger partial charge on any atom is 0.410 e. The van der Waals surface area contributed by atoms with Crippen molar-refractivity contribution in [2.45, 2.75) is 64.6 Å². The number of rotatable bonds is 6. The van der Waals surface area contributed by atoms with Gasteiger partial charge < -0.3 is 15.0 Å². The number of likely N-dealkylation sites (tertiary alicyclic amines) is 1. The van der Waals surface area contributed by atoms with Crippen molar-refractivity contribution in [3.63, 3.8) is 0 Å². The monoisotopic (exact) mass is 297 g/mol. The van der Waals surface area contributed by atoms with Crippen LogP contribution in [0.3, 0.4) is 0 Å². The second-order valence-corrected chi connectivity index (χ2v) is 7.23. The predicted molar refractivity (Wildman–Crippen MR) is 84.5 cm³/mol. The highest BCUT2D eigenvalue weighted by molar-refractivity contribution is 5.68. The minimum Gasteiger partial charge on any atom is -0.444 e. The van der Waals surface area contributed by atoms with Crippen LogP contribution in [0.25, 0.3) is 0 Å². The van der Waals surface area contributed by atoms with E-state index in [0.717, 1.165) is 45.2 Å². The average molecular weight is 297 g/mol. The summed E-state index contributed by atoms with van der Waals surface area (Å²) in [6.45, 7) is 12.8. The molecule has 1 N–H and O–H groups in total. The molecule has 122 valence electrons. The van der Waals surface area contributed by atoms with E-state index in [1.165, 1.54) is 12.8 Å². The summed E-state index contributed by atoms with van der Waals surface area (Å²) in [6, 6.07) is 1.24. The number of likely N-dealkylation sites (N-methyl/N-ethyl adjacent to an activating group) is 1. The van der Waals surface area contributed by atoms with E-state index in [4.69, 9.17) is 4.74 Å². The minimum absolute atomic E-state index is 0.181. The third-order valence-electron chi connectivity index (χ3n) is 4.14. The molecule has 0 aromatic carbocycles. The Kier molecular flexibility index (Phi) is 5.49. The molecule has 0 radical (unpaired) electrons. The van der Waals surface area contributed by atoms with Crippen LogP contribution in [0.1, 0.15) is 47.0 Å². The molecule has 1 aliphatic carbocycles. The van der Waals surface area contributed by atoms with Crippen LogP contribution in [0.2, 0.25) is 0 Å². The summed E-state index contributed by atoms with van der Waals surface area (Å²) in [6.07, 6.45) is 3.57. The Morgan fingerprint density at radius 3 is 2.62 bits per heavy atom. The van der Waals surface area contributed by atoms with Crippen molar-refractivity contribution in [1.82, 2.24) is 15.1 Å². The normalized spacial score (nSPS) is 22.9. The van der Waals surface area contributed by atoms with Crippen LogP contribution < -0.4 is 5.32 Å². The van der Waals surface area contributed by atoms with Crippen molar-refractivity contribution in [2.24, 2.45) is 0 Å². The Morgan fingerprint density at radius 1 is 1.33 bits per heavy atom. The van der Waals surface area contributed by atoms with E-state index >= 15 is 0 Å². The Balaban J connectivity index is 1.64. The molecular weight excluding hydrogens is 266 g/mol. The van der Waals surface area contributed by atoms with Gasteiger partial charge in [-0.25, -0.2) is 4.79 Å². The number of ether oxygens (including phenoxy) is 1. The first-order valence-corrected chi connectivity index (χ1v) is 8.34. The molecule has 1 aliphatic heterocycles. The van der Waals surface area contributed by atoms with Gasteiger partial charge in [0.1, 0.15) is 5.60 Å². The summed E-state index contributed by atoms with van der Waals surface area (Å²) in [5.41, 5.74) is -0.408. The maximum absolute atomic E-state index is 12.0. The molecule has 0 bridgehead atoms. The first kappa shape index (κ1) is 16.6. The van der Waals surface area contributed by atoms with E-state index in [2.05, 4.69) is 17.1 Å². The summed E-state index contributed by atoms with van der Waals surface area (Å²) in [5, 5.41) is 3.59. The summed E-state index contributed by atoms with van der Waals surface area (Å²) < 4.78 is 5.42. The zero-order valence-corrected chi connectivity index (χ0v) is 14.0. The van der Waals surface area contributed by atoms with Gasteiger partial charge in [0, 0.05) is 38.3 Å². The Morgan fingerprint density at radius 2 is 2.05 bits per heavy atom. The van der Waals surface area contributed by atoms with Crippen LogP contribution in [0, 0.1) is 0 Å². The molecule has 0 aromatic rings. The van der Waals surface area contributed by atoms with Gasteiger partial charge in [0.25, 0.3) is 0 Å². The highest BCUT2D eigenvalue weighted by atomic mass is 16.6. The number of nitrogens with zero attached hydrogens (tertiary/aromatic N) is 2. The lowest BCUT2D eigenvalue weighted by Gasteiger charge is -2.25. The number of hydrogen-bond acceptors (Lipinski definition) is 4. The number of carbonyl (C=O) groups is 1. The lowest BCUT2D eigenvalue weighted by molar-refractivity contribution is 0.0291. The van der Waals surface area contributed by atoms with Gasteiger partial charge in [-0.1, -0.05) is 6.92 Å². The number of amides is 1. The molecule has 2 fully saturated rings. The van der Waals surface area contributed by atoms with E-state index in [0.29, 0.717) is 6.04 Å². The van der Waals surface area contributed by atoms with Gasteiger partial charge in [-0.3, -0.25) is 4.90 Å². The molecular formula is C16H31N3O2. The Hall–Kier alpha value is -0.810. The van der Waals surface area contributed by atoms with E-state index in [1.54, 1.807) is 0 Å². The third-order valence-corrected chi connectivity index (χ3v) is 4.14. The van der Waals surface area contributed by atoms with Crippen LogP contribution in [0.15, 0.2) is 0 Å². The van der Waals surface area contributed by atoms with Gasteiger partial charge in [-0.15, -0.1) is 0 Å². The number of nitrogens with one attached hydrogen (secondary N) is 1. The standard InChI is InChI=1S/C16H31N3O2/c1-5-18(14-6-7-14)11-9-17-13-8-10-19(12-13)15(20)21-16(2,3)4/h13-14,17H,5-12H2,1-4H3. The lowest BCUT2D eigenvalue weighted by Crippen LogP contribution is -2.41. The van der Waals surface area contributed by atoms with Crippen molar-refractivity contribution in [1.29, 1.82) is 0 Å². The fourth-order valence-corrected chi connectivity index (χ4v) is 2.87. The van der Waals surface area contributed by atoms with E-state index in [9.17, 15) is 4.79 Å². The SMILES string of the molecule is CCN(CCNC1CCN(C(=O)OC(C)(C)C)C1)C1CC1. The molecule has 1 amide bonds. The van der Waals surface area contributed by atoms with Crippen molar-refractivity contribution in [3.8, 4) is 0 Å². The second-order valence-electron chi connectivity index (χ2n) is 7.23. The van der Waals surface area contributed by atoms with Crippen LogP contribution in [0.4, 0.5) is 4.79 Å². The van der Waals surface area contributed by atoms with Crippen LogP contribution in [-0.4, -0.2) is 66.3 Å². The quantitative estimate of drug-likeness (QED) is 0.815. The van der Waals surface area contributed by atoms with Gasteiger partial charge in [-0.2, -0.15) is 0 Å². The first-order chi connectivity index (χ1) is 9.89. The molecule has 21 heavy (non-hydrogen) atoms. The maximum atomic E-state index is 12.0. The molecule has 1 heterocycles. The summed E-state index contributed by atoms with van der Waals surface area (Å²) in [5.74, 6) is 0. The van der Waals surface area contributed by atoms with E-state index < -0.39 is 5.60 Å². The highest BCUT2D eigenvalue weighted by Gasteiger charge is 2.30. The predicted octanol–water partition coefficient (Wildman–Crippen LogP) is 2.07. The Labute approximate surface area is 129 Å². The molecule has 1 saturated heterocycles.